The lowest BCUT2D eigenvalue weighted by Gasteiger charge is -2.17. The van der Waals surface area contributed by atoms with Crippen LogP contribution >= 0.6 is 11.3 Å². The van der Waals surface area contributed by atoms with Crippen LogP contribution in [0.4, 0.5) is 0 Å². The van der Waals surface area contributed by atoms with E-state index in [1.165, 1.54) is 5.56 Å². The van der Waals surface area contributed by atoms with Crippen molar-refractivity contribution in [2.45, 2.75) is 26.5 Å². The van der Waals surface area contributed by atoms with E-state index >= 15 is 0 Å². The van der Waals surface area contributed by atoms with Gasteiger partial charge in [0.05, 0.1) is 23.7 Å². The topological polar surface area (TPSA) is 71.7 Å². The molecular formula is C20H24N4O2S. The summed E-state index contributed by atoms with van der Waals surface area (Å²) in [7, 11) is 1.74. The standard InChI is InChI=1S/C20H24N4O2S/c1-14-6-4-7-17(10-14)26-15(2)11-22-20(21-3)23-12-16-13-25-19(24-16)18-8-5-9-27-18/h4-10,13,15H,11-12H2,1-3H3,(H2,21,22,23). The van der Waals surface area contributed by atoms with Crippen molar-refractivity contribution in [2.75, 3.05) is 13.6 Å². The third-order valence-corrected chi connectivity index (χ3v) is 4.69. The molecule has 7 heteroatoms. The molecule has 1 unspecified atom stereocenters. The zero-order valence-electron chi connectivity index (χ0n) is 15.7. The van der Waals surface area contributed by atoms with Crippen molar-refractivity contribution in [3.05, 3.63) is 59.3 Å². The highest BCUT2D eigenvalue weighted by Gasteiger charge is 2.09. The summed E-state index contributed by atoms with van der Waals surface area (Å²) in [5.74, 6) is 2.20. The molecule has 142 valence electrons. The van der Waals surface area contributed by atoms with Crippen molar-refractivity contribution in [3.63, 3.8) is 0 Å². The first-order valence-corrected chi connectivity index (χ1v) is 9.68. The molecule has 0 saturated heterocycles. The summed E-state index contributed by atoms with van der Waals surface area (Å²) in [4.78, 5) is 9.75. The molecule has 3 aromatic rings. The van der Waals surface area contributed by atoms with E-state index in [9.17, 15) is 0 Å². The third-order valence-electron chi connectivity index (χ3n) is 3.83. The van der Waals surface area contributed by atoms with Gasteiger partial charge in [-0.2, -0.15) is 0 Å². The van der Waals surface area contributed by atoms with E-state index in [-0.39, 0.29) is 6.10 Å². The van der Waals surface area contributed by atoms with Gasteiger partial charge in [0.1, 0.15) is 18.1 Å². The molecule has 3 rings (SSSR count). The minimum absolute atomic E-state index is 0.00262. The Balaban J connectivity index is 1.45. The van der Waals surface area contributed by atoms with Crippen molar-refractivity contribution < 1.29 is 9.15 Å². The largest absolute Gasteiger partial charge is 0.489 e. The Hall–Kier alpha value is -2.80. The van der Waals surface area contributed by atoms with Crippen molar-refractivity contribution >= 4 is 17.3 Å². The number of hydrogen-bond donors (Lipinski definition) is 2. The van der Waals surface area contributed by atoms with Gasteiger partial charge in [0.15, 0.2) is 5.96 Å². The van der Waals surface area contributed by atoms with Crippen LogP contribution in [0.2, 0.25) is 0 Å². The number of hydrogen-bond acceptors (Lipinski definition) is 5. The molecule has 0 radical (unpaired) electrons. The SMILES string of the molecule is CN=C(NCc1coc(-c2cccs2)n1)NCC(C)Oc1cccc(C)c1. The van der Waals surface area contributed by atoms with Crippen molar-refractivity contribution in [1.82, 2.24) is 15.6 Å². The number of nitrogens with zero attached hydrogens (tertiary/aromatic N) is 2. The number of aromatic nitrogens is 1. The van der Waals surface area contributed by atoms with Crippen LogP contribution in [0.25, 0.3) is 10.8 Å². The number of thiophene rings is 1. The average Bonchev–Trinajstić information content (AvgIpc) is 3.33. The van der Waals surface area contributed by atoms with Crippen LogP contribution in [0.1, 0.15) is 18.2 Å². The summed E-state index contributed by atoms with van der Waals surface area (Å²) >= 11 is 1.60. The predicted octanol–water partition coefficient (Wildman–Crippen LogP) is 3.84. The number of ether oxygens (including phenoxy) is 1. The van der Waals surface area contributed by atoms with E-state index < -0.39 is 0 Å². The van der Waals surface area contributed by atoms with Crippen LogP contribution in [0, 0.1) is 6.92 Å². The number of benzene rings is 1. The molecule has 27 heavy (non-hydrogen) atoms. The second-order valence-electron chi connectivity index (χ2n) is 6.17. The zero-order chi connectivity index (χ0) is 19.1. The Morgan fingerprint density at radius 2 is 2.19 bits per heavy atom. The number of aliphatic imine (C=N–C) groups is 1. The lowest BCUT2D eigenvalue weighted by atomic mass is 10.2. The summed E-state index contributed by atoms with van der Waals surface area (Å²) in [5.41, 5.74) is 2.00. The highest BCUT2D eigenvalue weighted by atomic mass is 32.1. The molecule has 1 aromatic carbocycles. The maximum atomic E-state index is 5.93. The van der Waals surface area contributed by atoms with Gasteiger partial charge in [0, 0.05) is 7.05 Å². The number of oxazole rings is 1. The molecule has 2 aromatic heterocycles. The van der Waals surface area contributed by atoms with E-state index in [1.807, 2.05) is 42.6 Å². The van der Waals surface area contributed by atoms with Crippen LogP contribution in [0.3, 0.4) is 0 Å². The Morgan fingerprint density at radius 3 is 2.93 bits per heavy atom. The fourth-order valence-corrected chi connectivity index (χ4v) is 3.15. The summed E-state index contributed by atoms with van der Waals surface area (Å²) in [6.07, 6.45) is 1.67. The maximum absolute atomic E-state index is 5.93. The van der Waals surface area contributed by atoms with Crippen molar-refractivity contribution in [2.24, 2.45) is 4.99 Å². The first kappa shape index (κ1) is 19.0. The van der Waals surface area contributed by atoms with Gasteiger partial charge >= 0.3 is 0 Å². The number of aryl methyl sites for hydroxylation is 1. The smallest absolute Gasteiger partial charge is 0.236 e. The molecule has 0 bridgehead atoms. The van der Waals surface area contributed by atoms with Crippen LogP contribution in [0.5, 0.6) is 5.75 Å². The fourth-order valence-electron chi connectivity index (χ4n) is 2.50. The minimum atomic E-state index is 0.00262. The number of nitrogens with one attached hydrogen (secondary N) is 2. The third kappa shape index (κ3) is 5.59. The minimum Gasteiger partial charge on any atom is -0.489 e. The van der Waals surface area contributed by atoms with Gasteiger partial charge in [0.2, 0.25) is 5.89 Å². The van der Waals surface area contributed by atoms with Crippen LogP contribution in [-0.4, -0.2) is 30.6 Å². The molecule has 0 aliphatic heterocycles. The van der Waals surface area contributed by atoms with Gasteiger partial charge in [-0.25, -0.2) is 4.98 Å². The molecule has 0 saturated carbocycles. The summed E-state index contributed by atoms with van der Waals surface area (Å²) in [5, 5.41) is 8.51. The zero-order valence-corrected chi connectivity index (χ0v) is 16.5. The fraction of sp³-hybridized carbons (Fsp3) is 0.300. The Morgan fingerprint density at radius 1 is 1.30 bits per heavy atom. The molecule has 2 N–H and O–H groups in total. The van der Waals surface area contributed by atoms with Gasteiger partial charge in [-0.15, -0.1) is 11.3 Å². The predicted molar refractivity (Wildman–Crippen MR) is 109 cm³/mol. The van der Waals surface area contributed by atoms with E-state index in [2.05, 4.69) is 33.6 Å². The first-order valence-electron chi connectivity index (χ1n) is 8.80. The van der Waals surface area contributed by atoms with Gasteiger partial charge in [-0.1, -0.05) is 18.2 Å². The molecule has 6 nitrogen and oxygen atoms in total. The summed E-state index contributed by atoms with van der Waals surface area (Å²) in [6, 6.07) is 12.0. The van der Waals surface area contributed by atoms with Crippen LogP contribution in [-0.2, 0) is 6.54 Å². The van der Waals surface area contributed by atoms with Gasteiger partial charge in [-0.05, 0) is 43.0 Å². The molecule has 0 aliphatic carbocycles. The molecule has 1 atom stereocenters. The molecule has 0 amide bonds. The maximum Gasteiger partial charge on any atom is 0.236 e. The van der Waals surface area contributed by atoms with E-state index in [0.29, 0.717) is 24.9 Å². The monoisotopic (exact) mass is 384 g/mol. The quantitative estimate of drug-likeness (QED) is 0.478. The molecule has 2 heterocycles. The van der Waals surface area contributed by atoms with Gasteiger partial charge in [-0.3, -0.25) is 4.99 Å². The highest BCUT2D eigenvalue weighted by molar-refractivity contribution is 7.13. The summed E-state index contributed by atoms with van der Waals surface area (Å²) in [6.45, 7) is 5.23. The molecular weight excluding hydrogens is 360 g/mol. The van der Waals surface area contributed by atoms with Crippen LogP contribution in [0.15, 0.2) is 57.5 Å². The normalized spacial score (nSPS) is 12.6. The lowest BCUT2D eigenvalue weighted by Crippen LogP contribution is -2.41. The highest BCUT2D eigenvalue weighted by Crippen LogP contribution is 2.23. The van der Waals surface area contributed by atoms with E-state index in [1.54, 1.807) is 24.6 Å². The van der Waals surface area contributed by atoms with E-state index in [0.717, 1.165) is 16.3 Å². The van der Waals surface area contributed by atoms with Crippen molar-refractivity contribution in [3.8, 4) is 16.5 Å². The Kier molecular flexibility index (Phi) is 6.49. The Labute approximate surface area is 163 Å². The number of rotatable bonds is 7. The lowest BCUT2D eigenvalue weighted by molar-refractivity contribution is 0.223. The summed E-state index contributed by atoms with van der Waals surface area (Å²) < 4.78 is 11.5. The van der Waals surface area contributed by atoms with Crippen LogP contribution < -0.4 is 15.4 Å². The van der Waals surface area contributed by atoms with Crippen molar-refractivity contribution in [1.29, 1.82) is 0 Å². The molecule has 0 spiro atoms. The molecule has 0 fully saturated rings. The Bertz CT molecular complexity index is 874. The van der Waals surface area contributed by atoms with Gasteiger partial charge < -0.3 is 19.8 Å². The van der Waals surface area contributed by atoms with E-state index in [4.69, 9.17) is 9.15 Å². The molecule has 0 aliphatic rings. The second-order valence-corrected chi connectivity index (χ2v) is 7.12. The number of guanidine groups is 1. The second kappa shape index (κ2) is 9.23. The van der Waals surface area contributed by atoms with Gasteiger partial charge in [0.25, 0.3) is 0 Å². The average molecular weight is 385 g/mol. The first-order chi connectivity index (χ1) is 13.1.